The fourth-order valence-electron chi connectivity index (χ4n) is 2.18. The van der Waals surface area contributed by atoms with Gasteiger partial charge >= 0.3 is 0 Å². The van der Waals surface area contributed by atoms with Crippen LogP contribution in [0.4, 0.5) is 0 Å². The maximum atomic E-state index is 11.9. The number of ether oxygens (including phenoxy) is 2. The summed E-state index contributed by atoms with van der Waals surface area (Å²) >= 11 is 0. The van der Waals surface area contributed by atoms with Crippen molar-refractivity contribution < 1.29 is 14.3 Å². The molecule has 0 aliphatic heterocycles. The van der Waals surface area contributed by atoms with E-state index in [0.717, 1.165) is 17.0 Å². The van der Waals surface area contributed by atoms with Crippen LogP contribution in [0.2, 0.25) is 0 Å². The lowest BCUT2D eigenvalue weighted by Crippen LogP contribution is -2.28. The van der Waals surface area contributed by atoms with Crippen LogP contribution in [0.1, 0.15) is 23.9 Å². The highest BCUT2D eigenvalue weighted by atomic mass is 16.5. The van der Waals surface area contributed by atoms with Gasteiger partial charge in [-0.15, -0.1) is 0 Å². The lowest BCUT2D eigenvalue weighted by Gasteiger charge is -2.11. The zero-order valence-electron chi connectivity index (χ0n) is 14.2. The van der Waals surface area contributed by atoms with Crippen molar-refractivity contribution in [2.75, 3.05) is 13.7 Å². The first-order valence-electron chi connectivity index (χ1n) is 7.75. The first kappa shape index (κ1) is 17.5. The zero-order valence-corrected chi connectivity index (χ0v) is 14.2. The van der Waals surface area contributed by atoms with Crippen molar-refractivity contribution in [3.63, 3.8) is 0 Å². The Morgan fingerprint density at radius 2 is 2.08 bits per heavy atom. The highest BCUT2D eigenvalue weighted by Gasteiger charge is 2.08. The zero-order chi connectivity index (χ0) is 17.4. The molecule has 0 atom stereocenters. The van der Waals surface area contributed by atoms with E-state index in [2.05, 4.69) is 10.3 Å². The van der Waals surface area contributed by atoms with E-state index in [-0.39, 0.29) is 12.5 Å². The molecular formula is C19H22N2O3. The van der Waals surface area contributed by atoms with Crippen LogP contribution in [0, 0.1) is 6.92 Å². The summed E-state index contributed by atoms with van der Waals surface area (Å²) in [5.74, 6) is 0.922. The number of hydrogen-bond acceptors (Lipinski definition) is 4. The number of carbonyl (C=O) groups excluding carboxylic acids is 1. The van der Waals surface area contributed by atoms with E-state index in [9.17, 15) is 4.79 Å². The summed E-state index contributed by atoms with van der Waals surface area (Å²) < 4.78 is 10.9. The first-order valence-corrected chi connectivity index (χ1v) is 7.75. The molecule has 0 saturated heterocycles. The Morgan fingerprint density at radius 1 is 1.25 bits per heavy atom. The average molecular weight is 326 g/mol. The van der Waals surface area contributed by atoms with Gasteiger partial charge in [-0.25, -0.2) is 0 Å². The van der Waals surface area contributed by atoms with E-state index in [1.807, 2.05) is 56.3 Å². The second-order valence-electron chi connectivity index (χ2n) is 5.25. The van der Waals surface area contributed by atoms with Crippen LogP contribution < -0.4 is 14.8 Å². The second-order valence-corrected chi connectivity index (χ2v) is 5.25. The van der Waals surface area contributed by atoms with Crippen LogP contribution in [-0.2, 0) is 11.3 Å². The Morgan fingerprint density at radius 3 is 2.79 bits per heavy atom. The van der Waals surface area contributed by atoms with Crippen molar-refractivity contribution in [3.8, 4) is 11.5 Å². The summed E-state index contributed by atoms with van der Waals surface area (Å²) in [7, 11) is 1.57. The number of pyridine rings is 1. The summed E-state index contributed by atoms with van der Waals surface area (Å²) in [5.41, 5.74) is 2.75. The molecule has 0 aliphatic rings. The van der Waals surface area contributed by atoms with Crippen molar-refractivity contribution >= 4 is 12.0 Å². The molecule has 0 aliphatic carbocycles. The van der Waals surface area contributed by atoms with Gasteiger partial charge in [-0.3, -0.25) is 9.78 Å². The number of rotatable bonds is 7. The second kappa shape index (κ2) is 8.72. The molecular weight excluding hydrogens is 304 g/mol. The number of hydrogen-bond donors (Lipinski definition) is 1. The molecule has 24 heavy (non-hydrogen) atoms. The molecule has 0 bridgehead atoms. The molecule has 2 aromatic rings. The van der Waals surface area contributed by atoms with Gasteiger partial charge in [0.2, 0.25) is 0 Å². The molecule has 0 saturated carbocycles. The quantitative estimate of drug-likeness (QED) is 0.849. The summed E-state index contributed by atoms with van der Waals surface area (Å²) in [5, 5.41) is 2.79. The minimum atomic E-state index is -0.210. The molecule has 1 aromatic carbocycles. The van der Waals surface area contributed by atoms with E-state index in [0.29, 0.717) is 18.0 Å². The molecule has 5 nitrogen and oxygen atoms in total. The van der Waals surface area contributed by atoms with Gasteiger partial charge in [0.1, 0.15) is 0 Å². The maximum Gasteiger partial charge on any atom is 0.258 e. The molecule has 0 unspecified atom stereocenters. The van der Waals surface area contributed by atoms with Crippen LogP contribution >= 0.6 is 0 Å². The van der Waals surface area contributed by atoms with Crippen molar-refractivity contribution in [2.24, 2.45) is 0 Å². The molecule has 0 radical (unpaired) electrons. The fourth-order valence-corrected chi connectivity index (χ4v) is 2.18. The van der Waals surface area contributed by atoms with Gasteiger partial charge in [-0.1, -0.05) is 24.3 Å². The lowest BCUT2D eigenvalue weighted by atomic mass is 10.2. The van der Waals surface area contributed by atoms with E-state index in [1.54, 1.807) is 13.2 Å². The number of aryl methyl sites for hydroxylation is 1. The molecule has 0 fully saturated rings. The summed E-state index contributed by atoms with van der Waals surface area (Å²) in [6.45, 7) is 4.16. The Balaban J connectivity index is 1.89. The van der Waals surface area contributed by atoms with Gasteiger partial charge in [-0.05, 0) is 43.7 Å². The molecule has 1 aromatic heterocycles. The minimum Gasteiger partial charge on any atom is -0.493 e. The Hall–Kier alpha value is -2.82. The number of benzene rings is 1. The van der Waals surface area contributed by atoms with Gasteiger partial charge in [0.15, 0.2) is 18.1 Å². The lowest BCUT2D eigenvalue weighted by molar-refractivity contribution is -0.123. The molecule has 126 valence electrons. The van der Waals surface area contributed by atoms with Gasteiger partial charge in [-0.2, -0.15) is 0 Å². The van der Waals surface area contributed by atoms with Gasteiger partial charge in [0.05, 0.1) is 19.3 Å². The van der Waals surface area contributed by atoms with Crippen molar-refractivity contribution in [2.45, 2.75) is 20.4 Å². The molecule has 1 amide bonds. The summed E-state index contributed by atoms with van der Waals surface area (Å²) in [4.78, 5) is 16.3. The maximum absolute atomic E-state index is 11.9. The predicted molar refractivity (Wildman–Crippen MR) is 94.0 cm³/mol. The minimum absolute atomic E-state index is 0.0782. The SMILES string of the molecule is C/C=C/c1ccc(OCC(=O)NCc2cccc(C)n2)c(OC)c1. The average Bonchev–Trinajstić information content (AvgIpc) is 2.59. The third-order valence-electron chi connectivity index (χ3n) is 3.32. The number of aromatic nitrogens is 1. The highest BCUT2D eigenvalue weighted by Crippen LogP contribution is 2.28. The van der Waals surface area contributed by atoms with E-state index < -0.39 is 0 Å². The summed E-state index contributed by atoms with van der Waals surface area (Å²) in [6.07, 6.45) is 3.91. The fraction of sp³-hybridized carbons (Fsp3) is 0.263. The highest BCUT2D eigenvalue weighted by molar-refractivity contribution is 5.77. The summed E-state index contributed by atoms with van der Waals surface area (Å²) in [6, 6.07) is 11.3. The van der Waals surface area contributed by atoms with Gasteiger partial charge in [0, 0.05) is 5.69 Å². The molecule has 2 rings (SSSR count). The number of carbonyl (C=O) groups is 1. The molecule has 0 spiro atoms. The molecule has 5 heteroatoms. The number of amides is 1. The Bertz CT molecular complexity index is 726. The number of methoxy groups -OCH3 is 1. The number of nitrogens with one attached hydrogen (secondary N) is 1. The van der Waals surface area contributed by atoms with Crippen molar-refractivity contribution in [1.82, 2.24) is 10.3 Å². The number of nitrogens with zero attached hydrogens (tertiary/aromatic N) is 1. The normalized spacial score (nSPS) is 10.6. The van der Waals surface area contributed by atoms with Crippen LogP contribution in [0.15, 0.2) is 42.5 Å². The van der Waals surface area contributed by atoms with Crippen LogP contribution in [0.5, 0.6) is 11.5 Å². The molecule has 1 N–H and O–H groups in total. The van der Waals surface area contributed by atoms with Crippen molar-refractivity contribution in [3.05, 3.63) is 59.4 Å². The van der Waals surface area contributed by atoms with Crippen LogP contribution in [0.25, 0.3) is 6.08 Å². The standard InChI is InChI=1S/C19H22N2O3/c1-4-6-15-9-10-17(18(11-15)23-3)24-13-19(22)20-12-16-8-5-7-14(2)21-16/h4-11H,12-13H2,1-3H3,(H,20,22)/b6-4+. The smallest absolute Gasteiger partial charge is 0.258 e. The van der Waals surface area contributed by atoms with Crippen molar-refractivity contribution in [1.29, 1.82) is 0 Å². The third-order valence-corrected chi connectivity index (χ3v) is 3.32. The Kier molecular flexibility index (Phi) is 6.37. The van der Waals surface area contributed by atoms with Gasteiger partial charge < -0.3 is 14.8 Å². The van der Waals surface area contributed by atoms with E-state index >= 15 is 0 Å². The predicted octanol–water partition coefficient (Wildman–Crippen LogP) is 3.13. The Labute approximate surface area is 142 Å². The van der Waals surface area contributed by atoms with E-state index in [1.165, 1.54) is 0 Å². The third kappa shape index (κ3) is 5.12. The number of allylic oxidation sites excluding steroid dienone is 1. The van der Waals surface area contributed by atoms with Crippen LogP contribution in [-0.4, -0.2) is 24.6 Å². The van der Waals surface area contributed by atoms with Crippen LogP contribution in [0.3, 0.4) is 0 Å². The van der Waals surface area contributed by atoms with E-state index in [4.69, 9.17) is 9.47 Å². The molecule has 1 heterocycles. The monoisotopic (exact) mass is 326 g/mol. The van der Waals surface area contributed by atoms with Gasteiger partial charge in [0.25, 0.3) is 5.91 Å². The first-order chi connectivity index (χ1) is 11.6. The topological polar surface area (TPSA) is 60.5 Å². The largest absolute Gasteiger partial charge is 0.493 e.